The maximum absolute atomic E-state index is 13.4. The highest BCUT2D eigenvalue weighted by atomic mass is 19.1. The minimum atomic E-state index is -0.573. The number of carbonyl (C=O) groups is 2. The second-order valence-corrected chi connectivity index (χ2v) is 6.46. The van der Waals surface area contributed by atoms with Crippen molar-refractivity contribution in [2.75, 3.05) is 0 Å². The summed E-state index contributed by atoms with van der Waals surface area (Å²) in [5.41, 5.74) is 0. The fourth-order valence-electron chi connectivity index (χ4n) is 3.64. The van der Waals surface area contributed by atoms with E-state index < -0.39 is 11.8 Å². The van der Waals surface area contributed by atoms with Crippen LogP contribution in [0.2, 0.25) is 0 Å². The van der Waals surface area contributed by atoms with Gasteiger partial charge in [-0.25, -0.2) is 4.39 Å². The summed E-state index contributed by atoms with van der Waals surface area (Å²) < 4.78 is 23.8. The number of rotatable bonds is 6. The molecule has 124 valence electrons. The molecule has 0 saturated heterocycles. The van der Waals surface area contributed by atoms with E-state index in [1.807, 2.05) is 0 Å². The second-order valence-electron chi connectivity index (χ2n) is 6.46. The number of para-hydroxylation sites is 1. The first kappa shape index (κ1) is 16.0. The molecular formula is C18H21FO4. The van der Waals surface area contributed by atoms with Crippen LogP contribution in [0.25, 0.3) is 0 Å². The number of ether oxygens (including phenoxy) is 2. The van der Waals surface area contributed by atoms with Gasteiger partial charge >= 0.3 is 11.9 Å². The zero-order chi connectivity index (χ0) is 16.2. The van der Waals surface area contributed by atoms with E-state index in [1.165, 1.54) is 31.0 Å². The Labute approximate surface area is 135 Å². The van der Waals surface area contributed by atoms with Crippen LogP contribution in [0.3, 0.4) is 0 Å². The quantitative estimate of drug-likeness (QED) is 0.593. The molecule has 0 heterocycles. The van der Waals surface area contributed by atoms with E-state index in [0.29, 0.717) is 12.3 Å². The third-order valence-corrected chi connectivity index (χ3v) is 4.78. The molecule has 2 saturated carbocycles. The average Bonchev–Trinajstić information content (AvgIpc) is 3.12. The van der Waals surface area contributed by atoms with Gasteiger partial charge in [-0.15, -0.1) is 0 Å². The van der Waals surface area contributed by atoms with E-state index in [4.69, 9.17) is 9.47 Å². The molecule has 3 atom stereocenters. The van der Waals surface area contributed by atoms with Gasteiger partial charge in [-0.3, -0.25) is 9.59 Å². The molecule has 2 aliphatic rings. The SMILES string of the molecule is O=C(CCCC(=O)OC1CC2CCC1C2)Oc1ccccc1F. The van der Waals surface area contributed by atoms with Gasteiger partial charge in [-0.05, 0) is 56.1 Å². The molecule has 2 aliphatic carbocycles. The van der Waals surface area contributed by atoms with Crippen LogP contribution in [-0.4, -0.2) is 18.0 Å². The van der Waals surface area contributed by atoms with Crippen LogP contribution < -0.4 is 4.74 Å². The maximum atomic E-state index is 13.4. The number of carbonyl (C=O) groups excluding carboxylic acids is 2. The Morgan fingerprint density at radius 2 is 1.87 bits per heavy atom. The standard InChI is InChI=1S/C18H21FO4/c19-14-4-1-2-5-15(14)22-17(20)6-3-7-18(21)23-16-11-12-8-9-13(16)10-12/h1-2,4-5,12-13,16H,3,6-11H2. The normalized spacial score (nSPS) is 25.3. The molecule has 23 heavy (non-hydrogen) atoms. The van der Waals surface area contributed by atoms with Crippen LogP contribution in [0.1, 0.15) is 44.9 Å². The molecule has 4 nitrogen and oxygen atoms in total. The Hall–Kier alpha value is -1.91. The van der Waals surface area contributed by atoms with Crippen molar-refractivity contribution >= 4 is 11.9 Å². The number of benzene rings is 1. The predicted molar refractivity (Wildman–Crippen MR) is 81.2 cm³/mol. The van der Waals surface area contributed by atoms with Crippen molar-refractivity contribution in [3.8, 4) is 5.75 Å². The van der Waals surface area contributed by atoms with Gasteiger partial charge in [0.05, 0.1) is 0 Å². The van der Waals surface area contributed by atoms with Crippen LogP contribution in [0.15, 0.2) is 24.3 Å². The van der Waals surface area contributed by atoms with Crippen molar-refractivity contribution in [3.05, 3.63) is 30.1 Å². The highest BCUT2D eigenvalue weighted by molar-refractivity contribution is 5.74. The topological polar surface area (TPSA) is 52.6 Å². The maximum Gasteiger partial charge on any atom is 0.311 e. The fraction of sp³-hybridized carbons (Fsp3) is 0.556. The predicted octanol–water partition coefficient (Wildman–Crippen LogP) is 3.63. The van der Waals surface area contributed by atoms with E-state index in [-0.39, 0.29) is 30.7 Å². The zero-order valence-corrected chi connectivity index (χ0v) is 13.0. The summed E-state index contributed by atoms with van der Waals surface area (Å²) in [4.78, 5) is 23.5. The third kappa shape index (κ3) is 4.09. The first-order valence-corrected chi connectivity index (χ1v) is 8.26. The summed E-state index contributed by atoms with van der Waals surface area (Å²) >= 11 is 0. The van der Waals surface area contributed by atoms with E-state index >= 15 is 0 Å². The van der Waals surface area contributed by atoms with Crippen LogP contribution in [0.5, 0.6) is 5.75 Å². The van der Waals surface area contributed by atoms with E-state index in [9.17, 15) is 14.0 Å². The molecule has 3 unspecified atom stereocenters. The van der Waals surface area contributed by atoms with Crippen molar-refractivity contribution in [1.29, 1.82) is 0 Å². The Bertz CT molecular complexity index is 586. The lowest BCUT2D eigenvalue weighted by atomic mass is 9.98. The monoisotopic (exact) mass is 320 g/mol. The highest BCUT2D eigenvalue weighted by Gasteiger charge is 2.41. The van der Waals surface area contributed by atoms with Crippen molar-refractivity contribution < 1.29 is 23.5 Å². The molecule has 2 fully saturated rings. The summed E-state index contributed by atoms with van der Waals surface area (Å²) in [6.07, 6.45) is 5.30. The molecule has 0 amide bonds. The minimum Gasteiger partial charge on any atom is -0.462 e. The fourth-order valence-corrected chi connectivity index (χ4v) is 3.64. The summed E-state index contributed by atoms with van der Waals surface area (Å²) in [6.45, 7) is 0. The summed E-state index contributed by atoms with van der Waals surface area (Å²) in [5.74, 6) is -0.175. The summed E-state index contributed by atoms with van der Waals surface area (Å²) in [5, 5.41) is 0. The average molecular weight is 320 g/mol. The smallest absolute Gasteiger partial charge is 0.311 e. The highest BCUT2D eigenvalue weighted by Crippen LogP contribution is 2.45. The Balaban J connectivity index is 1.35. The van der Waals surface area contributed by atoms with Gasteiger partial charge in [-0.2, -0.15) is 0 Å². The molecule has 3 rings (SSSR count). The van der Waals surface area contributed by atoms with Gasteiger partial charge < -0.3 is 9.47 Å². The Morgan fingerprint density at radius 1 is 1.09 bits per heavy atom. The molecule has 0 aromatic heterocycles. The van der Waals surface area contributed by atoms with Gasteiger partial charge in [-0.1, -0.05) is 12.1 Å². The van der Waals surface area contributed by atoms with E-state index in [1.54, 1.807) is 6.07 Å². The number of esters is 2. The molecule has 5 heteroatoms. The van der Waals surface area contributed by atoms with Crippen LogP contribution >= 0.6 is 0 Å². The number of hydrogen-bond donors (Lipinski definition) is 0. The molecule has 0 radical (unpaired) electrons. The minimum absolute atomic E-state index is 0.0696. The van der Waals surface area contributed by atoms with Gasteiger partial charge in [0.2, 0.25) is 0 Å². The van der Waals surface area contributed by atoms with Gasteiger partial charge in [0.15, 0.2) is 11.6 Å². The number of fused-ring (bicyclic) bond motifs is 2. The van der Waals surface area contributed by atoms with Crippen molar-refractivity contribution in [2.24, 2.45) is 11.8 Å². The Kier molecular flexibility index (Phi) is 4.94. The van der Waals surface area contributed by atoms with Crippen molar-refractivity contribution in [3.63, 3.8) is 0 Å². The second kappa shape index (κ2) is 7.11. The first-order valence-electron chi connectivity index (χ1n) is 8.26. The zero-order valence-electron chi connectivity index (χ0n) is 13.0. The van der Waals surface area contributed by atoms with Crippen molar-refractivity contribution in [2.45, 2.75) is 51.0 Å². The molecule has 0 spiro atoms. The van der Waals surface area contributed by atoms with Crippen molar-refractivity contribution in [1.82, 2.24) is 0 Å². The lowest BCUT2D eigenvalue weighted by molar-refractivity contribution is -0.151. The molecular weight excluding hydrogens is 299 g/mol. The summed E-state index contributed by atoms with van der Waals surface area (Å²) in [6, 6.07) is 5.75. The number of halogens is 1. The van der Waals surface area contributed by atoms with E-state index in [2.05, 4.69) is 0 Å². The summed E-state index contributed by atoms with van der Waals surface area (Å²) in [7, 11) is 0. The molecule has 2 bridgehead atoms. The van der Waals surface area contributed by atoms with Gasteiger partial charge in [0.25, 0.3) is 0 Å². The Morgan fingerprint density at radius 3 is 2.57 bits per heavy atom. The molecule has 1 aromatic rings. The first-order chi connectivity index (χ1) is 11.1. The van der Waals surface area contributed by atoms with Crippen LogP contribution in [0, 0.1) is 17.7 Å². The third-order valence-electron chi connectivity index (χ3n) is 4.78. The van der Waals surface area contributed by atoms with Crippen LogP contribution in [0.4, 0.5) is 4.39 Å². The largest absolute Gasteiger partial charge is 0.462 e. The van der Waals surface area contributed by atoms with Crippen LogP contribution in [-0.2, 0) is 14.3 Å². The molecule has 1 aromatic carbocycles. The molecule has 0 aliphatic heterocycles. The van der Waals surface area contributed by atoms with Gasteiger partial charge in [0.1, 0.15) is 6.10 Å². The molecule has 0 N–H and O–H groups in total. The lowest BCUT2D eigenvalue weighted by Gasteiger charge is -2.21. The van der Waals surface area contributed by atoms with E-state index in [0.717, 1.165) is 18.8 Å². The lowest BCUT2D eigenvalue weighted by Crippen LogP contribution is -2.24. The van der Waals surface area contributed by atoms with Gasteiger partial charge in [0, 0.05) is 12.8 Å². The number of hydrogen-bond acceptors (Lipinski definition) is 4.